The van der Waals surface area contributed by atoms with Crippen LogP contribution in [-0.4, -0.2) is 21.1 Å². The molecule has 2 N–H and O–H groups in total. The molecular formula is C14H14Cl2N4O. The molecule has 1 saturated carbocycles. The van der Waals surface area contributed by atoms with Gasteiger partial charge in [0.05, 0.1) is 0 Å². The quantitative estimate of drug-likeness (QED) is 0.534. The van der Waals surface area contributed by atoms with Crippen LogP contribution in [0.15, 0.2) is 24.3 Å². The molecule has 1 fully saturated rings. The van der Waals surface area contributed by atoms with Crippen molar-refractivity contribution in [2.45, 2.75) is 30.7 Å². The normalized spacial score (nSPS) is 17.0. The molecular weight excluding hydrogens is 311 g/mol. The van der Waals surface area contributed by atoms with Gasteiger partial charge in [-0.15, -0.1) is 10.2 Å². The van der Waals surface area contributed by atoms with Crippen LogP contribution in [0.25, 0.3) is 10.8 Å². The Morgan fingerprint density at radius 3 is 2.43 bits per heavy atom. The summed E-state index contributed by atoms with van der Waals surface area (Å²) in [6.07, 6.45) is 3.62. The van der Waals surface area contributed by atoms with E-state index in [1.54, 1.807) is 6.07 Å². The highest BCUT2D eigenvalue weighted by atomic mass is 35.5. The summed E-state index contributed by atoms with van der Waals surface area (Å²) in [5.74, 6) is -0.165. The third kappa shape index (κ3) is 2.40. The van der Waals surface area contributed by atoms with E-state index in [9.17, 15) is 4.79 Å². The molecule has 1 aliphatic carbocycles. The molecule has 3 rings (SSSR count). The van der Waals surface area contributed by atoms with E-state index in [2.05, 4.69) is 10.2 Å². The number of benzene rings is 1. The molecule has 0 spiro atoms. The molecule has 0 unspecified atom stereocenters. The first-order valence-corrected chi connectivity index (χ1v) is 7.45. The van der Waals surface area contributed by atoms with Crippen molar-refractivity contribution >= 4 is 45.9 Å². The molecule has 1 aromatic heterocycles. The summed E-state index contributed by atoms with van der Waals surface area (Å²) < 4.78 is 1.45. The maximum atomic E-state index is 11.5. The summed E-state index contributed by atoms with van der Waals surface area (Å²) >= 11 is 13.0. The minimum Gasteiger partial charge on any atom is -0.364 e. The first-order valence-electron chi connectivity index (χ1n) is 6.73. The fraction of sp³-hybridized carbons (Fsp3) is 0.357. The zero-order valence-corrected chi connectivity index (χ0v) is 12.7. The van der Waals surface area contributed by atoms with E-state index in [0.29, 0.717) is 16.6 Å². The predicted octanol–water partition coefficient (Wildman–Crippen LogP) is 3.20. The Morgan fingerprint density at radius 1 is 1.19 bits per heavy atom. The maximum Gasteiger partial charge on any atom is 0.269 e. The van der Waals surface area contributed by atoms with E-state index in [-0.39, 0.29) is 5.69 Å². The van der Waals surface area contributed by atoms with E-state index in [4.69, 9.17) is 29.1 Å². The summed E-state index contributed by atoms with van der Waals surface area (Å²) in [6.45, 7) is 0. The van der Waals surface area contributed by atoms with E-state index < -0.39 is 10.9 Å². The van der Waals surface area contributed by atoms with Crippen LogP contribution in [0.5, 0.6) is 0 Å². The van der Waals surface area contributed by atoms with Crippen LogP contribution >= 0.6 is 23.4 Å². The second-order valence-corrected chi connectivity index (χ2v) is 6.23. The average molecular weight is 325 g/mol. The van der Waals surface area contributed by atoms with Crippen LogP contribution in [0, 0.1) is 0 Å². The van der Waals surface area contributed by atoms with Gasteiger partial charge in [-0.2, -0.15) is 0 Å². The summed E-state index contributed by atoms with van der Waals surface area (Å²) in [7, 11) is 0. The molecule has 0 bridgehead atoms. The second kappa shape index (κ2) is 5.31. The molecule has 1 amide bonds. The van der Waals surface area contributed by atoms with Crippen LogP contribution < -0.4 is 10.2 Å². The highest BCUT2D eigenvalue weighted by Gasteiger charge is 2.39. The number of nitrogens with zero attached hydrogens (tertiary/aromatic N) is 3. The van der Waals surface area contributed by atoms with E-state index >= 15 is 0 Å². The lowest BCUT2D eigenvalue weighted by Gasteiger charge is -2.31. The van der Waals surface area contributed by atoms with Crippen molar-refractivity contribution in [1.29, 1.82) is 0 Å². The van der Waals surface area contributed by atoms with Gasteiger partial charge in [-0.05, 0) is 25.7 Å². The zero-order valence-electron chi connectivity index (χ0n) is 11.2. The average Bonchev–Trinajstić information content (AvgIpc) is 2.93. The van der Waals surface area contributed by atoms with Gasteiger partial charge in [0.15, 0.2) is 11.5 Å². The third-order valence-electron chi connectivity index (χ3n) is 3.81. The van der Waals surface area contributed by atoms with Crippen LogP contribution in [0.1, 0.15) is 36.2 Å². The van der Waals surface area contributed by atoms with Crippen LogP contribution in [0.3, 0.4) is 0 Å². The van der Waals surface area contributed by atoms with Crippen LogP contribution in [0.2, 0.25) is 0 Å². The largest absolute Gasteiger partial charge is 0.364 e. The van der Waals surface area contributed by atoms with Gasteiger partial charge in [0.25, 0.3) is 5.91 Å². The lowest BCUT2D eigenvalue weighted by Crippen LogP contribution is -2.35. The van der Waals surface area contributed by atoms with Crippen molar-refractivity contribution in [2.24, 2.45) is 5.73 Å². The van der Waals surface area contributed by atoms with Crippen molar-refractivity contribution in [2.75, 3.05) is 4.42 Å². The van der Waals surface area contributed by atoms with E-state index in [0.717, 1.165) is 25.7 Å². The molecule has 1 aromatic carbocycles. The number of alkyl halides is 1. The number of primary amides is 1. The fourth-order valence-electron chi connectivity index (χ4n) is 2.72. The first kappa shape index (κ1) is 14.4. The van der Waals surface area contributed by atoms with Gasteiger partial charge in [0, 0.05) is 22.5 Å². The molecule has 5 nitrogen and oxygen atoms in total. The van der Waals surface area contributed by atoms with Crippen molar-refractivity contribution in [3.63, 3.8) is 0 Å². The molecule has 110 valence electrons. The molecule has 7 heteroatoms. The fourth-order valence-corrected chi connectivity index (χ4v) is 3.36. The van der Waals surface area contributed by atoms with Crippen molar-refractivity contribution in [1.82, 2.24) is 10.2 Å². The third-order valence-corrected chi connectivity index (χ3v) is 4.93. The summed E-state index contributed by atoms with van der Waals surface area (Å²) in [5, 5.41) is 9.33. The van der Waals surface area contributed by atoms with Crippen molar-refractivity contribution in [3.05, 3.63) is 30.0 Å². The zero-order chi connectivity index (χ0) is 15.0. The van der Waals surface area contributed by atoms with E-state index in [1.165, 1.54) is 4.42 Å². The molecule has 0 radical (unpaired) electrons. The Morgan fingerprint density at radius 2 is 1.81 bits per heavy atom. The number of fused-ring (bicyclic) bond motifs is 1. The lowest BCUT2D eigenvalue weighted by atomic mass is 10.1. The smallest absolute Gasteiger partial charge is 0.269 e. The molecule has 2 aromatic rings. The van der Waals surface area contributed by atoms with Crippen LogP contribution in [0.4, 0.5) is 5.82 Å². The van der Waals surface area contributed by atoms with Gasteiger partial charge in [0.1, 0.15) is 5.00 Å². The molecule has 0 aliphatic heterocycles. The Hall–Kier alpha value is -1.59. The highest BCUT2D eigenvalue weighted by Crippen LogP contribution is 2.43. The molecule has 1 aliphatic rings. The lowest BCUT2D eigenvalue weighted by molar-refractivity contribution is 0.0996. The topological polar surface area (TPSA) is 72.1 Å². The van der Waals surface area contributed by atoms with Crippen LogP contribution in [-0.2, 0) is 0 Å². The Kier molecular flexibility index (Phi) is 3.63. The Bertz CT molecular complexity index is 700. The minimum atomic E-state index is -0.659. The number of hydrogen-bond donors (Lipinski definition) is 1. The predicted molar refractivity (Wildman–Crippen MR) is 83.4 cm³/mol. The Labute approximate surface area is 132 Å². The number of carbonyl (C=O) groups is 1. The number of hydrogen-bond acceptors (Lipinski definition) is 4. The maximum absolute atomic E-state index is 11.5. The Balaban J connectivity index is 2.16. The van der Waals surface area contributed by atoms with Gasteiger partial charge >= 0.3 is 0 Å². The van der Waals surface area contributed by atoms with E-state index in [1.807, 2.05) is 18.2 Å². The molecule has 0 saturated heterocycles. The number of amides is 1. The molecule has 0 atom stereocenters. The van der Waals surface area contributed by atoms with Gasteiger partial charge < -0.3 is 5.73 Å². The molecule has 1 heterocycles. The number of halogens is 2. The van der Waals surface area contributed by atoms with Gasteiger partial charge in [-0.1, -0.05) is 35.9 Å². The molecule has 21 heavy (non-hydrogen) atoms. The summed E-state index contributed by atoms with van der Waals surface area (Å²) in [6, 6.07) is 7.26. The number of nitrogens with two attached hydrogens (primary N) is 1. The van der Waals surface area contributed by atoms with Crippen molar-refractivity contribution in [3.8, 4) is 0 Å². The number of aromatic nitrogens is 2. The monoisotopic (exact) mass is 324 g/mol. The number of anilines is 1. The summed E-state index contributed by atoms with van der Waals surface area (Å²) in [4.78, 5) is 10.8. The van der Waals surface area contributed by atoms with Gasteiger partial charge in [-0.25, -0.2) is 4.42 Å². The van der Waals surface area contributed by atoms with Crippen molar-refractivity contribution < 1.29 is 4.79 Å². The van der Waals surface area contributed by atoms with Gasteiger partial charge in [-0.3, -0.25) is 4.79 Å². The van der Waals surface area contributed by atoms with Gasteiger partial charge in [0.2, 0.25) is 0 Å². The minimum absolute atomic E-state index is 0.134. The second-order valence-electron chi connectivity index (χ2n) is 5.19. The SMILES string of the molecule is NC(=O)c1nnc(N(Cl)C2(Cl)CCCC2)c2ccccc12. The standard InChI is InChI=1S/C14H14Cl2N4O/c15-14(7-3-4-8-14)20(16)13-10-6-2-1-5-9(10)11(12(17)21)18-19-13/h1-2,5-6H,3-4,7-8H2,(H2,17,21). The highest BCUT2D eigenvalue weighted by molar-refractivity contribution is 6.36. The first-order chi connectivity index (χ1) is 10.0. The number of carbonyl (C=O) groups excluding carboxylic acids is 1. The summed E-state index contributed by atoms with van der Waals surface area (Å²) in [5.41, 5.74) is 5.47. The number of rotatable bonds is 3.